The van der Waals surface area contributed by atoms with E-state index in [9.17, 15) is 4.79 Å². The molecular weight excluding hydrogens is 453 g/mol. The molecule has 25 heavy (non-hydrogen) atoms. The van der Waals surface area contributed by atoms with E-state index in [1.807, 2.05) is 11.4 Å². The van der Waals surface area contributed by atoms with Crippen LogP contribution in [0.5, 0.6) is 5.75 Å². The quantitative estimate of drug-likeness (QED) is 0.291. The molecule has 2 rings (SSSR count). The van der Waals surface area contributed by atoms with Gasteiger partial charge in [0.15, 0.2) is 5.96 Å². The molecular formula is C17H22IN3O3S. The van der Waals surface area contributed by atoms with E-state index >= 15 is 0 Å². The minimum absolute atomic E-state index is 0. The topological polar surface area (TPSA) is 72.0 Å². The second-order valence-corrected chi connectivity index (χ2v) is 5.72. The highest BCUT2D eigenvalue weighted by Gasteiger charge is 2.13. The van der Waals surface area contributed by atoms with Crippen molar-refractivity contribution in [3.05, 3.63) is 51.7 Å². The van der Waals surface area contributed by atoms with Crippen LogP contribution in [0.1, 0.15) is 21.5 Å². The average Bonchev–Trinajstić information content (AvgIpc) is 3.14. The van der Waals surface area contributed by atoms with Crippen LogP contribution >= 0.6 is 35.3 Å². The number of nitrogens with one attached hydrogen (secondary N) is 2. The molecule has 1 heterocycles. The summed E-state index contributed by atoms with van der Waals surface area (Å²) >= 11 is 1.66. The van der Waals surface area contributed by atoms with Gasteiger partial charge < -0.3 is 20.1 Å². The molecule has 0 aliphatic heterocycles. The molecule has 0 saturated heterocycles. The highest BCUT2D eigenvalue weighted by Crippen LogP contribution is 2.20. The molecule has 0 spiro atoms. The molecule has 6 nitrogen and oxygen atoms in total. The third kappa shape index (κ3) is 6.20. The Morgan fingerprint density at radius 1 is 1.16 bits per heavy atom. The number of rotatable bonds is 6. The predicted molar refractivity (Wildman–Crippen MR) is 111 cm³/mol. The van der Waals surface area contributed by atoms with Gasteiger partial charge in [-0.05, 0) is 40.1 Å². The van der Waals surface area contributed by atoms with Crippen LogP contribution in [0.3, 0.4) is 0 Å². The van der Waals surface area contributed by atoms with Gasteiger partial charge >= 0.3 is 5.97 Å². The highest BCUT2D eigenvalue weighted by molar-refractivity contribution is 14.0. The summed E-state index contributed by atoms with van der Waals surface area (Å²) in [5, 5.41) is 10.6. The third-order valence-electron chi connectivity index (χ3n) is 3.39. The monoisotopic (exact) mass is 475 g/mol. The van der Waals surface area contributed by atoms with Crippen molar-refractivity contribution >= 4 is 47.2 Å². The number of hydrogen-bond acceptors (Lipinski definition) is 5. The second-order valence-electron chi connectivity index (χ2n) is 4.94. The van der Waals surface area contributed by atoms with Gasteiger partial charge in [-0.2, -0.15) is 11.3 Å². The number of carbonyl (C=O) groups is 1. The zero-order valence-corrected chi connectivity index (χ0v) is 17.5. The fourth-order valence-electron chi connectivity index (χ4n) is 2.12. The molecule has 0 aliphatic carbocycles. The van der Waals surface area contributed by atoms with E-state index in [4.69, 9.17) is 9.47 Å². The van der Waals surface area contributed by atoms with Gasteiger partial charge in [0.1, 0.15) is 11.3 Å². The zero-order valence-electron chi connectivity index (χ0n) is 14.4. The van der Waals surface area contributed by atoms with Gasteiger partial charge in [0.25, 0.3) is 0 Å². The van der Waals surface area contributed by atoms with E-state index in [-0.39, 0.29) is 24.0 Å². The van der Waals surface area contributed by atoms with Crippen LogP contribution in [-0.4, -0.2) is 33.2 Å². The lowest BCUT2D eigenvalue weighted by Crippen LogP contribution is -2.36. The Kier molecular flexibility index (Phi) is 9.28. The Morgan fingerprint density at radius 2 is 1.88 bits per heavy atom. The molecule has 2 N–H and O–H groups in total. The van der Waals surface area contributed by atoms with Crippen molar-refractivity contribution in [1.82, 2.24) is 10.6 Å². The Morgan fingerprint density at radius 3 is 2.44 bits per heavy atom. The molecule has 136 valence electrons. The van der Waals surface area contributed by atoms with Crippen LogP contribution < -0.4 is 15.4 Å². The van der Waals surface area contributed by atoms with E-state index in [1.54, 1.807) is 30.5 Å². The lowest BCUT2D eigenvalue weighted by Gasteiger charge is -2.13. The minimum Gasteiger partial charge on any atom is -0.496 e. The van der Waals surface area contributed by atoms with Gasteiger partial charge in [0.2, 0.25) is 0 Å². The van der Waals surface area contributed by atoms with Crippen LogP contribution in [0, 0.1) is 0 Å². The summed E-state index contributed by atoms with van der Waals surface area (Å²) in [5.74, 6) is 0.760. The third-order valence-corrected chi connectivity index (χ3v) is 4.12. The maximum absolute atomic E-state index is 11.8. The zero-order chi connectivity index (χ0) is 17.4. The Bertz CT molecular complexity index is 705. The first-order valence-corrected chi connectivity index (χ1v) is 8.33. The maximum atomic E-state index is 11.8. The number of aliphatic imine (C=N–C) groups is 1. The largest absolute Gasteiger partial charge is 0.496 e. The Balaban J connectivity index is 0.00000312. The van der Waals surface area contributed by atoms with Crippen molar-refractivity contribution in [2.24, 2.45) is 4.99 Å². The van der Waals surface area contributed by atoms with E-state index in [0.717, 1.165) is 5.56 Å². The normalized spacial score (nSPS) is 10.6. The fourth-order valence-corrected chi connectivity index (χ4v) is 2.79. The first-order chi connectivity index (χ1) is 11.7. The molecule has 0 atom stereocenters. The van der Waals surface area contributed by atoms with E-state index in [2.05, 4.69) is 27.1 Å². The molecule has 1 aromatic carbocycles. The lowest BCUT2D eigenvalue weighted by molar-refractivity contribution is 0.0597. The number of ether oxygens (including phenoxy) is 2. The number of thiophene rings is 1. The van der Waals surface area contributed by atoms with Gasteiger partial charge in [-0.15, -0.1) is 24.0 Å². The molecule has 0 bridgehead atoms. The summed E-state index contributed by atoms with van der Waals surface area (Å²) in [4.78, 5) is 16.0. The van der Waals surface area contributed by atoms with Crippen molar-refractivity contribution in [3.8, 4) is 5.75 Å². The van der Waals surface area contributed by atoms with Gasteiger partial charge in [-0.25, -0.2) is 4.79 Å². The lowest BCUT2D eigenvalue weighted by atomic mass is 10.1. The van der Waals surface area contributed by atoms with Crippen LogP contribution in [0.2, 0.25) is 0 Å². The molecule has 0 aliphatic rings. The molecule has 2 aromatic rings. The first-order valence-electron chi connectivity index (χ1n) is 7.38. The molecule has 0 unspecified atom stereocenters. The molecule has 0 amide bonds. The fraction of sp³-hybridized carbons (Fsp3) is 0.294. The summed E-state index contributed by atoms with van der Waals surface area (Å²) in [7, 11) is 4.59. The summed E-state index contributed by atoms with van der Waals surface area (Å²) in [6, 6.07) is 7.47. The smallest absolute Gasteiger partial charge is 0.341 e. The SMILES string of the molecule is CN=C(NCc1ccsc1)NCc1ccc(OC)c(C(=O)OC)c1.I. The minimum atomic E-state index is -0.423. The molecule has 0 fully saturated rings. The van der Waals surface area contributed by atoms with Crippen molar-refractivity contribution in [1.29, 1.82) is 0 Å². The van der Waals surface area contributed by atoms with Gasteiger partial charge in [-0.1, -0.05) is 6.07 Å². The number of nitrogens with zero attached hydrogens (tertiary/aromatic N) is 1. The summed E-state index contributed by atoms with van der Waals surface area (Å²) in [5.41, 5.74) is 2.54. The number of guanidine groups is 1. The van der Waals surface area contributed by atoms with E-state index in [1.165, 1.54) is 19.8 Å². The Labute approximate surface area is 168 Å². The molecule has 0 saturated carbocycles. The first kappa shape index (κ1) is 21.2. The van der Waals surface area contributed by atoms with Crippen LogP contribution in [0.15, 0.2) is 40.0 Å². The highest BCUT2D eigenvalue weighted by atomic mass is 127. The summed E-state index contributed by atoms with van der Waals surface area (Å²) in [6.45, 7) is 1.23. The number of hydrogen-bond donors (Lipinski definition) is 2. The number of benzene rings is 1. The summed E-state index contributed by atoms with van der Waals surface area (Å²) in [6.07, 6.45) is 0. The van der Waals surface area contributed by atoms with Crippen LogP contribution in [0.25, 0.3) is 0 Å². The van der Waals surface area contributed by atoms with Crippen LogP contribution in [-0.2, 0) is 17.8 Å². The number of carbonyl (C=O) groups excluding carboxylic acids is 1. The standard InChI is InChI=1S/C17H21N3O3S.HI/c1-18-17(20-10-13-6-7-24-11-13)19-9-12-4-5-15(22-2)14(8-12)16(21)23-3;/h4-8,11H,9-10H2,1-3H3,(H2,18,19,20);1H. The van der Waals surface area contributed by atoms with Crippen LogP contribution in [0.4, 0.5) is 0 Å². The average molecular weight is 475 g/mol. The van der Waals surface area contributed by atoms with Gasteiger partial charge in [0, 0.05) is 20.1 Å². The van der Waals surface area contributed by atoms with Gasteiger partial charge in [0.05, 0.1) is 14.2 Å². The predicted octanol–water partition coefficient (Wildman–Crippen LogP) is 3.03. The van der Waals surface area contributed by atoms with E-state index in [0.29, 0.717) is 30.4 Å². The van der Waals surface area contributed by atoms with Crippen molar-refractivity contribution < 1.29 is 14.3 Å². The van der Waals surface area contributed by atoms with Gasteiger partial charge in [-0.3, -0.25) is 4.99 Å². The van der Waals surface area contributed by atoms with E-state index < -0.39 is 5.97 Å². The number of halogens is 1. The maximum Gasteiger partial charge on any atom is 0.341 e. The van der Waals surface area contributed by atoms with Crippen molar-refractivity contribution in [3.63, 3.8) is 0 Å². The Hall–Kier alpha value is -1.81. The van der Waals surface area contributed by atoms with Crippen molar-refractivity contribution in [2.75, 3.05) is 21.3 Å². The molecule has 1 aromatic heterocycles. The molecule has 0 radical (unpaired) electrons. The number of esters is 1. The van der Waals surface area contributed by atoms with Crippen molar-refractivity contribution in [2.45, 2.75) is 13.1 Å². The summed E-state index contributed by atoms with van der Waals surface area (Å²) < 4.78 is 9.98. The number of methoxy groups -OCH3 is 2. The second kappa shape index (κ2) is 10.9. The molecule has 8 heteroatoms.